The van der Waals surface area contributed by atoms with E-state index < -0.39 is 12.1 Å². The molecule has 9 nitrogen and oxygen atoms in total. The van der Waals surface area contributed by atoms with Gasteiger partial charge in [-0.15, -0.1) is 0 Å². The number of hydrogen-bond acceptors (Lipinski definition) is 9. The van der Waals surface area contributed by atoms with Gasteiger partial charge in [0.25, 0.3) is 0 Å². The first-order valence-corrected chi connectivity index (χ1v) is 31.8. The quantitative estimate of drug-likeness (QED) is 0.0255. The van der Waals surface area contributed by atoms with Gasteiger partial charge < -0.3 is 18.9 Å². The van der Waals surface area contributed by atoms with Crippen LogP contribution in [0.5, 0.6) is 0 Å². The lowest BCUT2D eigenvalue weighted by atomic mass is 9.44. The number of ketones is 1. The van der Waals surface area contributed by atoms with Crippen molar-refractivity contribution in [2.45, 2.75) is 304 Å². The summed E-state index contributed by atoms with van der Waals surface area (Å²) in [6.45, 7) is 12.7. The first-order chi connectivity index (χ1) is 36.3. The highest BCUT2D eigenvalue weighted by Gasteiger charge is 2.61. The molecule has 2 unspecified atom stereocenters. The van der Waals surface area contributed by atoms with Crippen LogP contribution < -0.4 is 0 Å². The van der Waals surface area contributed by atoms with Crippen LogP contribution in [0, 0.1) is 46.3 Å². The van der Waals surface area contributed by atoms with Crippen molar-refractivity contribution in [3.8, 4) is 0 Å². The van der Waals surface area contributed by atoms with Crippen LogP contribution in [0.2, 0.25) is 0 Å². The normalized spacial score (nSPS) is 26.1. The van der Waals surface area contributed by atoms with E-state index in [-0.39, 0.29) is 85.6 Å². The predicted molar refractivity (Wildman–Crippen MR) is 305 cm³/mol. The smallest absolute Gasteiger partial charge is 0.306 e. The molecule has 430 valence electrons. The van der Waals surface area contributed by atoms with Gasteiger partial charge in [0.2, 0.25) is 0 Å². The van der Waals surface area contributed by atoms with Gasteiger partial charge >= 0.3 is 23.9 Å². The van der Waals surface area contributed by atoms with Gasteiger partial charge in [0.15, 0.2) is 6.10 Å². The molecule has 0 N–H and O–H groups in total. The van der Waals surface area contributed by atoms with Gasteiger partial charge in [-0.1, -0.05) is 162 Å². The monoisotopic (exact) mass is 1050 g/mol. The second-order valence-electron chi connectivity index (χ2n) is 25.0. The van der Waals surface area contributed by atoms with E-state index in [1.807, 2.05) is 6.92 Å². The number of Topliss-reactive ketones (excluding diaryl/α,β-unsaturated/α-hetero) is 1. The zero-order valence-electron chi connectivity index (χ0n) is 49.1. The van der Waals surface area contributed by atoms with Crippen LogP contribution in [0.3, 0.4) is 0 Å². The Bertz CT molecular complexity index is 1630. The van der Waals surface area contributed by atoms with Crippen molar-refractivity contribution in [1.29, 1.82) is 0 Å². The number of esters is 4. The Morgan fingerprint density at radius 3 is 1.47 bits per heavy atom. The maximum absolute atomic E-state index is 13.4. The van der Waals surface area contributed by atoms with E-state index in [2.05, 4.69) is 52.0 Å². The van der Waals surface area contributed by atoms with Crippen molar-refractivity contribution in [1.82, 2.24) is 0 Å². The van der Waals surface area contributed by atoms with E-state index in [4.69, 9.17) is 18.9 Å². The standard InChI is InChI=1S/C66H112O9/c1-7-9-11-13-15-17-19-21-23-25-27-29-31-33-35-37-61(68)72-50-56(51-73-62(69)38-36-34-32-30-28-26-24-22-20-18-16-14-12-10-8-2)75-64(71)48-52(3)47-63(70)74-55-43-45-65(5)54(49-55)39-40-57-59-42-41-58(53(4)67)66(59,6)46-44-60(57)65/h21-24,52,54-60H,7-20,25-51H2,1-6H3/b23-21-,24-22?/t52?,54-,55-,56?,57-,58+,59-,60-,65-,66+/m0/s1. The molecule has 0 spiro atoms. The van der Waals surface area contributed by atoms with Crippen LogP contribution in [0.4, 0.5) is 0 Å². The van der Waals surface area contributed by atoms with Crippen LogP contribution in [0.1, 0.15) is 292 Å². The van der Waals surface area contributed by atoms with Crippen LogP contribution >= 0.6 is 0 Å². The molecule has 4 aliphatic rings. The summed E-state index contributed by atoms with van der Waals surface area (Å²) in [5.41, 5.74) is 0.394. The lowest BCUT2D eigenvalue weighted by Crippen LogP contribution is -2.54. The average Bonchev–Trinajstić information content (AvgIpc) is 3.75. The summed E-state index contributed by atoms with van der Waals surface area (Å²) in [5, 5.41) is 0. The number of unbranched alkanes of at least 4 members (excludes halogenated alkanes) is 22. The van der Waals surface area contributed by atoms with Gasteiger partial charge in [-0.25, -0.2) is 0 Å². The van der Waals surface area contributed by atoms with E-state index in [0.717, 1.165) is 116 Å². The third-order valence-corrected chi connectivity index (χ3v) is 18.9. The average molecular weight is 1050 g/mol. The molecule has 0 aromatic heterocycles. The molecular weight excluding hydrogens is 937 g/mol. The fourth-order valence-corrected chi connectivity index (χ4v) is 14.4. The van der Waals surface area contributed by atoms with E-state index >= 15 is 0 Å². The Hall–Kier alpha value is -2.97. The highest BCUT2D eigenvalue weighted by molar-refractivity contribution is 5.79. The minimum Gasteiger partial charge on any atom is -0.462 e. The molecule has 0 bridgehead atoms. The largest absolute Gasteiger partial charge is 0.462 e. The molecule has 4 saturated carbocycles. The van der Waals surface area contributed by atoms with Crippen molar-refractivity contribution < 1.29 is 42.9 Å². The third kappa shape index (κ3) is 23.9. The molecule has 4 fully saturated rings. The summed E-state index contributed by atoms with van der Waals surface area (Å²) in [5.74, 6) is 1.32. The molecule has 4 rings (SSSR count). The number of fused-ring (bicyclic) bond motifs is 5. The fourth-order valence-electron chi connectivity index (χ4n) is 14.4. The Labute approximate surface area is 458 Å². The number of rotatable bonds is 41. The molecule has 0 radical (unpaired) electrons. The molecule has 4 aliphatic carbocycles. The summed E-state index contributed by atoms with van der Waals surface area (Å²) in [4.78, 5) is 65.0. The number of ether oxygens (including phenoxy) is 4. The highest BCUT2D eigenvalue weighted by Crippen LogP contribution is 2.67. The second kappa shape index (κ2) is 37.0. The van der Waals surface area contributed by atoms with Gasteiger partial charge in [-0.05, 0) is 169 Å². The lowest BCUT2D eigenvalue weighted by molar-refractivity contribution is -0.168. The zero-order valence-corrected chi connectivity index (χ0v) is 49.1. The van der Waals surface area contributed by atoms with Crippen molar-refractivity contribution in [2.24, 2.45) is 46.3 Å². The van der Waals surface area contributed by atoms with Crippen molar-refractivity contribution >= 4 is 29.7 Å². The number of carbonyl (C=O) groups excluding carboxylic acids is 5. The van der Waals surface area contributed by atoms with Crippen LogP contribution in [-0.4, -0.2) is 55.1 Å². The van der Waals surface area contributed by atoms with E-state index in [1.54, 1.807) is 6.92 Å². The van der Waals surface area contributed by atoms with E-state index in [0.29, 0.717) is 29.5 Å². The Kier molecular flexibility index (Phi) is 31.8. The summed E-state index contributed by atoms with van der Waals surface area (Å²) in [6.07, 6.45) is 49.4. The van der Waals surface area contributed by atoms with Crippen LogP contribution in [0.25, 0.3) is 0 Å². The van der Waals surface area contributed by atoms with Crippen molar-refractivity contribution in [3.63, 3.8) is 0 Å². The van der Waals surface area contributed by atoms with Gasteiger partial charge in [0.1, 0.15) is 25.1 Å². The third-order valence-electron chi connectivity index (χ3n) is 18.9. The zero-order chi connectivity index (χ0) is 54.2. The number of hydrogen-bond donors (Lipinski definition) is 0. The number of allylic oxidation sites excluding steroid dienone is 4. The summed E-state index contributed by atoms with van der Waals surface area (Å²) >= 11 is 0. The molecule has 0 aromatic rings. The van der Waals surface area contributed by atoms with E-state index in [1.165, 1.54) is 109 Å². The molecule has 0 amide bonds. The fraction of sp³-hybridized carbons (Fsp3) is 0.864. The van der Waals surface area contributed by atoms with Gasteiger partial charge in [-0.3, -0.25) is 24.0 Å². The van der Waals surface area contributed by atoms with Crippen molar-refractivity contribution in [2.75, 3.05) is 13.2 Å². The summed E-state index contributed by atoms with van der Waals surface area (Å²) < 4.78 is 23.2. The SMILES string of the molecule is CCCCCCCCC=CCCCCCCCC(=O)OCC(COC(=O)CCCCCCC/C=C\CCCCCCCC)OC(=O)CC(C)CC(=O)O[C@H]1CC[C@@]2(C)[C@@H](CC[C@@H]3[C@@H]2CC[C@]2(C)[C@@H](C(C)=O)CC[C@@H]32)C1. The van der Waals surface area contributed by atoms with Gasteiger partial charge in [-0.2, -0.15) is 0 Å². The van der Waals surface area contributed by atoms with Crippen LogP contribution in [0.15, 0.2) is 24.3 Å². The van der Waals surface area contributed by atoms with Crippen molar-refractivity contribution in [3.05, 3.63) is 24.3 Å². The van der Waals surface area contributed by atoms with Gasteiger partial charge in [0.05, 0.1) is 0 Å². The molecule has 75 heavy (non-hydrogen) atoms. The molecule has 9 heteroatoms. The number of carbonyl (C=O) groups is 5. The topological polar surface area (TPSA) is 122 Å². The first-order valence-electron chi connectivity index (χ1n) is 31.8. The molecule has 0 saturated heterocycles. The maximum Gasteiger partial charge on any atom is 0.306 e. The minimum absolute atomic E-state index is 0.00364. The molecule has 10 atom stereocenters. The van der Waals surface area contributed by atoms with E-state index in [9.17, 15) is 24.0 Å². The lowest BCUT2D eigenvalue weighted by Gasteiger charge is -2.61. The summed E-state index contributed by atoms with van der Waals surface area (Å²) in [7, 11) is 0. The molecular formula is C66H112O9. The highest BCUT2D eigenvalue weighted by atomic mass is 16.6. The summed E-state index contributed by atoms with van der Waals surface area (Å²) in [6, 6.07) is 0. The Morgan fingerprint density at radius 1 is 0.507 bits per heavy atom. The van der Waals surface area contributed by atoms with Gasteiger partial charge in [0, 0.05) is 31.6 Å². The predicted octanol–water partition coefficient (Wildman–Crippen LogP) is 17.6. The Morgan fingerprint density at radius 2 is 0.960 bits per heavy atom. The Balaban J connectivity index is 1.14. The first kappa shape index (κ1) is 64.6. The maximum atomic E-state index is 13.4. The second-order valence-corrected chi connectivity index (χ2v) is 25.0. The molecule has 0 heterocycles. The van der Waals surface area contributed by atoms with Crippen LogP contribution in [-0.2, 0) is 42.9 Å². The minimum atomic E-state index is -0.929. The molecule has 0 aromatic carbocycles. The molecule has 0 aliphatic heterocycles.